The fraction of sp³-hybridized carbons (Fsp3) is 0.130. The van der Waals surface area contributed by atoms with E-state index in [1.807, 2.05) is 0 Å². The van der Waals surface area contributed by atoms with Crippen molar-refractivity contribution in [1.82, 2.24) is 0 Å². The third-order valence-electron chi connectivity index (χ3n) is 4.57. The van der Waals surface area contributed by atoms with Crippen molar-refractivity contribution in [3.63, 3.8) is 0 Å². The summed E-state index contributed by atoms with van der Waals surface area (Å²) in [7, 11) is 0. The van der Waals surface area contributed by atoms with E-state index in [1.165, 1.54) is 36.6 Å². The number of esters is 1. The van der Waals surface area contributed by atoms with Crippen molar-refractivity contribution >= 4 is 16.9 Å². The summed E-state index contributed by atoms with van der Waals surface area (Å²) in [5.74, 6) is -3.55. The third-order valence-corrected chi connectivity index (χ3v) is 4.57. The molecular formula is C23H15F3O6. The highest BCUT2D eigenvalue weighted by Gasteiger charge is 2.40. The zero-order chi connectivity index (χ0) is 23.0. The second-order valence-electron chi connectivity index (χ2n) is 6.98. The van der Waals surface area contributed by atoms with E-state index in [0.717, 1.165) is 11.6 Å². The van der Waals surface area contributed by atoms with Crippen LogP contribution in [0.1, 0.15) is 27.4 Å². The van der Waals surface area contributed by atoms with E-state index in [4.69, 9.17) is 18.3 Å². The van der Waals surface area contributed by atoms with E-state index in [2.05, 4.69) is 0 Å². The highest BCUT2D eigenvalue weighted by molar-refractivity contribution is 5.89. The van der Waals surface area contributed by atoms with Crippen molar-refractivity contribution in [2.75, 3.05) is 0 Å². The largest absolute Gasteiger partial charge is 0.457 e. The van der Waals surface area contributed by atoms with Gasteiger partial charge in [-0.25, -0.2) is 4.79 Å². The monoisotopic (exact) mass is 444 g/mol. The topological polar surface area (TPSA) is 78.9 Å². The second-order valence-corrected chi connectivity index (χ2v) is 6.98. The number of aryl methyl sites for hydroxylation is 2. The Labute approximate surface area is 178 Å². The molecule has 0 spiro atoms. The summed E-state index contributed by atoms with van der Waals surface area (Å²) >= 11 is 0. The number of benzene rings is 2. The molecule has 0 N–H and O–H groups in total. The first-order valence-corrected chi connectivity index (χ1v) is 9.32. The van der Waals surface area contributed by atoms with Gasteiger partial charge in [0.2, 0.25) is 16.9 Å². The molecule has 6 nitrogen and oxygen atoms in total. The quantitative estimate of drug-likeness (QED) is 0.282. The Bertz CT molecular complexity index is 1370. The van der Waals surface area contributed by atoms with Gasteiger partial charge in [-0.1, -0.05) is 12.1 Å². The molecule has 0 amide bonds. The van der Waals surface area contributed by atoms with Gasteiger partial charge in [0.05, 0.1) is 11.6 Å². The molecule has 2 heterocycles. The maximum Gasteiger partial charge on any atom is 0.453 e. The van der Waals surface area contributed by atoms with Crippen molar-refractivity contribution in [1.29, 1.82) is 0 Å². The molecule has 4 aromatic rings. The summed E-state index contributed by atoms with van der Waals surface area (Å²) in [4.78, 5) is 24.9. The summed E-state index contributed by atoms with van der Waals surface area (Å²) in [6.07, 6.45) is -3.75. The standard InChI is InChI=1S/C23H15F3O6/c1-12-5-6-13(2)17(10-12)31-20-19(27)15-8-7-14(30-22(28)16-4-3-9-29-16)11-18(15)32-21(20)23(24,25)26/h3-11H,1-2H3. The first kappa shape index (κ1) is 21.2. The molecule has 0 aliphatic heterocycles. The van der Waals surface area contributed by atoms with Crippen molar-refractivity contribution in [3.05, 3.63) is 87.7 Å². The van der Waals surface area contributed by atoms with Gasteiger partial charge in [0.25, 0.3) is 5.76 Å². The van der Waals surface area contributed by atoms with E-state index < -0.39 is 34.7 Å². The summed E-state index contributed by atoms with van der Waals surface area (Å²) < 4.78 is 61.6. The van der Waals surface area contributed by atoms with Gasteiger partial charge in [0.1, 0.15) is 17.1 Å². The Morgan fingerprint density at radius 2 is 1.81 bits per heavy atom. The average Bonchev–Trinajstić information content (AvgIpc) is 3.26. The van der Waals surface area contributed by atoms with Crippen LogP contribution in [0.15, 0.2) is 68.4 Å². The number of furan rings is 1. The molecule has 4 rings (SSSR count). The van der Waals surface area contributed by atoms with Crippen LogP contribution in [0, 0.1) is 13.8 Å². The summed E-state index contributed by atoms with van der Waals surface area (Å²) in [5, 5.41) is -0.170. The molecule has 2 aromatic carbocycles. The summed E-state index contributed by atoms with van der Waals surface area (Å²) in [6, 6.07) is 11.3. The van der Waals surface area contributed by atoms with E-state index in [9.17, 15) is 22.8 Å². The number of halogens is 3. The molecule has 2 aromatic heterocycles. The van der Waals surface area contributed by atoms with Gasteiger partial charge in [0, 0.05) is 6.07 Å². The van der Waals surface area contributed by atoms with Crippen LogP contribution < -0.4 is 14.9 Å². The normalized spacial score (nSPS) is 11.5. The minimum atomic E-state index is -5.01. The van der Waals surface area contributed by atoms with Gasteiger partial charge in [-0.15, -0.1) is 0 Å². The van der Waals surface area contributed by atoms with Gasteiger partial charge >= 0.3 is 12.1 Å². The lowest BCUT2D eigenvalue weighted by molar-refractivity contribution is -0.154. The van der Waals surface area contributed by atoms with Crippen LogP contribution in [0.3, 0.4) is 0 Å². The predicted molar refractivity (Wildman–Crippen MR) is 107 cm³/mol. The van der Waals surface area contributed by atoms with E-state index >= 15 is 0 Å². The summed E-state index contributed by atoms with van der Waals surface area (Å²) in [6.45, 7) is 3.38. The van der Waals surface area contributed by atoms with E-state index in [-0.39, 0.29) is 22.6 Å². The molecule has 0 unspecified atom stereocenters. The maximum atomic E-state index is 13.7. The van der Waals surface area contributed by atoms with Crippen LogP contribution in [0.4, 0.5) is 13.2 Å². The summed E-state index contributed by atoms with van der Waals surface area (Å²) in [5.41, 5.74) is -0.139. The Kier molecular flexibility index (Phi) is 5.25. The molecular weight excluding hydrogens is 429 g/mol. The maximum absolute atomic E-state index is 13.7. The Balaban J connectivity index is 1.81. The molecule has 0 aliphatic carbocycles. The van der Waals surface area contributed by atoms with Crippen LogP contribution in [0.25, 0.3) is 11.0 Å². The second kappa shape index (κ2) is 7.92. The Morgan fingerprint density at radius 3 is 2.50 bits per heavy atom. The smallest absolute Gasteiger partial charge is 0.453 e. The highest BCUT2D eigenvalue weighted by Crippen LogP contribution is 2.39. The molecule has 0 fully saturated rings. The van der Waals surface area contributed by atoms with Gasteiger partial charge in [-0.3, -0.25) is 4.79 Å². The molecule has 0 radical (unpaired) electrons. The number of hydrogen-bond donors (Lipinski definition) is 0. The first-order chi connectivity index (χ1) is 15.1. The van der Waals surface area contributed by atoms with Crippen LogP contribution in [-0.4, -0.2) is 5.97 Å². The lowest BCUT2D eigenvalue weighted by Gasteiger charge is -2.15. The van der Waals surface area contributed by atoms with Gasteiger partial charge in [0.15, 0.2) is 0 Å². The number of rotatable bonds is 4. The SMILES string of the molecule is Cc1ccc(C)c(Oc2c(C(F)(F)F)oc3cc(OC(=O)c4ccco4)ccc3c2=O)c1. The van der Waals surface area contributed by atoms with Gasteiger partial charge < -0.3 is 18.3 Å². The fourth-order valence-electron chi connectivity index (χ4n) is 2.98. The molecule has 0 saturated heterocycles. The zero-order valence-electron chi connectivity index (χ0n) is 16.8. The van der Waals surface area contributed by atoms with Crippen molar-refractivity contribution in [3.8, 4) is 17.2 Å². The van der Waals surface area contributed by atoms with Crippen molar-refractivity contribution < 1.29 is 36.3 Å². The highest BCUT2D eigenvalue weighted by atomic mass is 19.4. The zero-order valence-corrected chi connectivity index (χ0v) is 16.8. The first-order valence-electron chi connectivity index (χ1n) is 9.32. The third kappa shape index (κ3) is 4.09. The van der Waals surface area contributed by atoms with Crippen molar-refractivity contribution in [2.45, 2.75) is 20.0 Å². The predicted octanol–water partition coefficient (Wildman–Crippen LogP) is 6.03. The van der Waals surface area contributed by atoms with Gasteiger partial charge in [-0.05, 0) is 55.3 Å². The number of alkyl halides is 3. The molecule has 0 bridgehead atoms. The molecule has 0 atom stereocenters. The minimum absolute atomic E-state index is 0.0974. The molecule has 9 heteroatoms. The van der Waals surface area contributed by atoms with Crippen LogP contribution in [0.5, 0.6) is 17.2 Å². The Hall–Kier alpha value is -4.01. The number of fused-ring (bicyclic) bond motifs is 1. The lowest BCUT2D eigenvalue weighted by Crippen LogP contribution is -2.16. The van der Waals surface area contributed by atoms with Crippen LogP contribution in [0.2, 0.25) is 0 Å². The number of hydrogen-bond acceptors (Lipinski definition) is 6. The fourth-order valence-corrected chi connectivity index (χ4v) is 2.98. The van der Waals surface area contributed by atoms with E-state index in [0.29, 0.717) is 5.56 Å². The lowest BCUT2D eigenvalue weighted by atomic mass is 10.1. The molecule has 0 saturated carbocycles. The van der Waals surface area contributed by atoms with Crippen molar-refractivity contribution in [2.24, 2.45) is 0 Å². The van der Waals surface area contributed by atoms with E-state index in [1.54, 1.807) is 26.0 Å². The minimum Gasteiger partial charge on any atom is -0.457 e. The van der Waals surface area contributed by atoms with Crippen LogP contribution >= 0.6 is 0 Å². The number of carbonyl (C=O) groups is 1. The van der Waals surface area contributed by atoms with Crippen LogP contribution in [-0.2, 0) is 6.18 Å². The molecule has 164 valence electrons. The number of ether oxygens (including phenoxy) is 2. The molecule has 0 aliphatic rings. The number of carbonyl (C=O) groups excluding carboxylic acids is 1. The van der Waals surface area contributed by atoms with Gasteiger partial charge in [-0.2, -0.15) is 13.2 Å². The average molecular weight is 444 g/mol. The molecule has 32 heavy (non-hydrogen) atoms. The Morgan fingerprint density at radius 1 is 1.03 bits per heavy atom.